The molecule has 9 heteroatoms. The summed E-state index contributed by atoms with van der Waals surface area (Å²) in [5.41, 5.74) is 0.714. The maximum atomic E-state index is 13.1. The van der Waals surface area contributed by atoms with E-state index in [4.69, 9.17) is 14.6 Å². The Labute approximate surface area is 142 Å². The largest absolute Gasteiger partial charge is 0.496 e. The van der Waals surface area contributed by atoms with Crippen molar-refractivity contribution in [3.63, 3.8) is 0 Å². The van der Waals surface area contributed by atoms with Crippen LogP contribution >= 0.6 is 0 Å². The van der Waals surface area contributed by atoms with Gasteiger partial charge in [-0.1, -0.05) is 0 Å². The van der Waals surface area contributed by atoms with Crippen LogP contribution in [-0.4, -0.2) is 55.4 Å². The number of hydrogen-bond acceptors (Lipinski definition) is 4. The van der Waals surface area contributed by atoms with Crippen molar-refractivity contribution in [2.45, 2.75) is 13.1 Å². The zero-order valence-electron chi connectivity index (χ0n) is 13.9. The van der Waals surface area contributed by atoms with Gasteiger partial charge in [0.1, 0.15) is 11.5 Å². The molecule has 1 saturated heterocycles. The lowest BCUT2D eigenvalue weighted by molar-refractivity contribution is -0.187. The van der Waals surface area contributed by atoms with E-state index in [1.165, 1.54) is 26.4 Å². The van der Waals surface area contributed by atoms with Gasteiger partial charge in [-0.05, 0) is 19.1 Å². The molecule has 1 N–H and O–H groups in total. The highest BCUT2D eigenvalue weighted by molar-refractivity contribution is 5.96. The highest BCUT2D eigenvalue weighted by Crippen LogP contribution is 2.39. The van der Waals surface area contributed by atoms with Gasteiger partial charge in [-0.15, -0.1) is 0 Å². The van der Waals surface area contributed by atoms with Crippen molar-refractivity contribution < 1.29 is 37.3 Å². The normalized spacial score (nSPS) is 20.5. The standard InChI is InChI=1S/C16H18F3NO5/c1-8-12(24-2)4-9(5-13(8)25-3)14(21)20-6-10(15(22)23)11(7-20)16(17,18)19/h4-5,10-11H,6-7H2,1-3H3,(H,22,23)/t10-,11-/m1/s1. The van der Waals surface area contributed by atoms with E-state index in [1.54, 1.807) is 6.92 Å². The molecular formula is C16H18F3NO5. The molecule has 1 aliphatic rings. The lowest BCUT2D eigenvalue weighted by atomic mass is 9.96. The number of methoxy groups -OCH3 is 2. The predicted molar refractivity (Wildman–Crippen MR) is 80.9 cm³/mol. The van der Waals surface area contributed by atoms with Gasteiger partial charge in [0.25, 0.3) is 5.91 Å². The topological polar surface area (TPSA) is 76.1 Å². The third-order valence-corrected chi connectivity index (χ3v) is 4.34. The van der Waals surface area contributed by atoms with Crippen molar-refractivity contribution in [1.82, 2.24) is 4.90 Å². The molecule has 0 spiro atoms. The number of carbonyl (C=O) groups excluding carboxylic acids is 1. The first-order valence-corrected chi connectivity index (χ1v) is 7.41. The van der Waals surface area contributed by atoms with Crippen molar-refractivity contribution >= 4 is 11.9 Å². The summed E-state index contributed by atoms with van der Waals surface area (Å²) in [5, 5.41) is 9.04. The summed E-state index contributed by atoms with van der Waals surface area (Å²) in [6, 6.07) is 2.80. The number of ether oxygens (including phenoxy) is 2. The number of rotatable bonds is 4. The first-order chi connectivity index (χ1) is 11.6. The fourth-order valence-electron chi connectivity index (χ4n) is 2.94. The molecular weight excluding hydrogens is 343 g/mol. The Morgan fingerprint density at radius 1 is 1.16 bits per heavy atom. The van der Waals surface area contributed by atoms with Crippen LogP contribution in [0.2, 0.25) is 0 Å². The summed E-state index contributed by atoms with van der Waals surface area (Å²) in [6.45, 7) is 0.510. The average molecular weight is 361 g/mol. The quantitative estimate of drug-likeness (QED) is 0.891. The van der Waals surface area contributed by atoms with Crippen LogP contribution in [-0.2, 0) is 4.79 Å². The monoisotopic (exact) mass is 361 g/mol. The van der Waals surface area contributed by atoms with Gasteiger partial charge in [-0.2, -0.15) is 13.2 Å². The van der Waals surface area contributed by atoms with Crippen LogP contribution < -0.4 is 9.47 Å². The van der Waals surface area contributed by atoms with Gasteiger partial charge in [0.2, 0.25) is 0 Å². The number of carboxylic acids is 1. The fourth-order valence-corrected chi connectivity index (χ4v) is 2.94. The zero-order valence-corrected chi connectivity index (χ0v) is 13.9. The molecule has 1 aliphatic heterocycles. The number of aliphatic carboxylic acids is 1. The Bertz CT molecular complexity index is 664. The summed E-state index contributed by atoms with van der Waals surface area (Å²) in [6.07, 6.45) is -4.69. The molecule has 0 unspecified atom stereocenters. The number of likely N-dealkylation sites (tertiary alicyclic amines) is 1. The van der Waals surface area contributed by atoms with Crippen LogP contribution in [0, 0.1) is 18.8 Å². The van der Waals surface area contributed by atoms with Gasteiger partial charge in [-0.3, -0.25) is 9.59 Å². The number of amides is 1. The maximum Gasteiger partial charge on any atom is 0.394 e. The molecule has 1 amide bonds. The molecule has 1 heterocycles. The van der Waals surface area contributed by atoms with E-state index in [0.717, 1.165) is 4.90 Å². The minimum absolute atomic E-state index is 0.0752. The van der Waals surface area contributed by atoms with Crippen molar-refractivity contribution in [2.24, 2.45) is 11.8 Å². The Morgan fingerprint density at radius 3 is 2.04 bits per heavy atom. The lowest BCUT2D eigenvalue weighted by Gasteiger charge is -2.19. The minimum Gasteiger partial charge on any atom is -0.496 e. The molecule has 0 aromatic heterocycles. The third kappa shape index (κ3) is 3.64. The Morgan fingerprint density at radius 2 is 1.68 bits per heavy atom. The van der Waals surface area contributed by atoms with Gasteiger partial charge < -0.3 is 19.5 Å². The first kappa shape index (κ1) is 18.9. The van der Waals surface area contributed by atoms with Gasteiger partial charge >= 0.3 is 12.1 Å². The van der Waals surface area contributed by atoms with Crippen LogP contribution in [0.1, 0.15) is 15.9 Å². The summed E-state index contributed by atoms with van der Waals surface area (Å²) in [4.78, 5) is 24.6. The van der Waals surface area contributed by atoms with Crippen molar-refractivity contribution in [3.8, 4) is 11.5 Å². The molecule has 2 rings (SSSR count). The molecule has 0 radical (unpaired) electrons. The van der Waals surface area contributed by atoms with E-state index in [0.29, 0.717) is 17.1 Å². The molecule has 0 bridgehead atoms. The number of carboxylic acid groups (broad SMARTS) is 1. The van der Waals surface area contributed by atoms with E-state index < -0.39 is 43.0 Å². The molecule has 138 valence electrons. The van der Waals surface area contributed by atoms with Crippen LogP contribution in [0.5, 0.6) is 11.5 Å². The molecule has 1 fully saturated rings. The Kier molecular flexibility index (Phi) is 5.15. The third-order valence-electron chi connectivity index (χ3n) is 4.34. The van der Waals surface area contributed by atoms with Gasteiger partial charge in [0.05, 0.1) is 26.1 Å². The van der Waals surface area contributed by atoms with Gasteiger partial charge in [-0.25, -0.2) is 0 Å². The number of carbonyl (C=O) groups is 2. The number of hydrogen-bond donors (Lipinski definition) is 1. The highest BCUT2D eigenvalue weighted by atomic mass is 19.4. The molecule has 25 heavy (non-hydrogen) atoms. The predicted octanol–water partition coefficient (Wildman–Crippen LogP) is 2.35. The SMILES string of the molecule is COc1cc(C(=O)N2C[C@@H](C(F)(F)F)[C@H](C(=O)O)C2)cc(OC)c1C. The zero-order chi connectivity index (χ0) is 18.9. The Balaban J connectivity index is 2.34. The van der Waals surface area contributed by atoms with E-state index in [2.05, 4.69) is 0 Å². The fraction of sp³-hybridized carbons (Fsp3) is 0.500. The minimum atomic E-state index is -4.69. The van der Waals surface area contributed by atoms with Crippen LogP contribution in [0.3, 0.4) is 0 Å². The maximum absolute atomic E-state index is 13.1. The van der Waals surface area contributed by atoms with E-state index in [9.17, 15) is 22.8 Å². The van der Waals surface area contributed by atoms with E-state index in [-0.39, 0.29) is 5.56 Å². The van der Waals surface area contributed by atoms with Gasteiger partial charge in [0, 0.05) is 24.2 Å². The Hall–Kier alpha value is -2.45. The molecule has 0 aliphatic carbocycles. The average Bonchev–Trinajstić information content (AvgIpc) is 3.00. The molecule has 1 aromatic carbocycles. The summed E-state index contributed by atoms with van der Waals surface area (Å²) < 4.78 is 49.5. The second kappa shape index (κ2) is 6.81. The molecule has 0 saturated carbocycles. The van der Waals surface area contributed by atoms with Crippen molar-refractivity contribution in [2.75, 3.05) is 27.3 Å². The second-order valence-corrected chi connectivity index (χ2v) is 5.81. The number of nitrogens with zero attached hydrogens (tertiary/aromatic N) is 1. The van der Waals surface area contributed by atoms with Crippen LogP contribution in [0.25, 0.3) is 0 Å². The van der Waals surface area contributed by atoms with E-state index >= 15 is 0 Å². The smallest absolute Gasteiger partial charge is 0.394 e. The number of benzene rings is 1. The molecule has 1 aromatic rings. The summed E-state index contributed by atoms with van der Waals surface area (Å²) >= 11 is 0. The molecule has 6 nitrogen and oxygen atoms in total. The first-order valence-electron chi connectivity index (χ1n) is 7.41. The van der Waals surface area contributed by atoms with Crippen LogP contribution in [0.4, 0.5) is 13.2 Å². The van der Waals surface area contributed by atoms with Gasteiger partial charge in [0.15, 0.2) is 0 Å². The molecule has 2 atom stereocenters. The highest BCUT2D eigenvalue weighted by Gasteiger charge is 2.53. The summed E-state index contributed by atoms with van der Waals surface area (Å²) in [5.74, 6) is -5.35. The van der Waals surface area contributed by atoms with Crippen molar-refractivity contribution in [1.29, 1.82) is 0 Å². The van der Waals surface area contributed by atoms with Crippen LogP contribution in [0.15, 0.2) is 12.1 Å². The van der Waals surface area contributed by atoms with Crippen molar-refractivity contribution in [3.05, 3.63) is 23.3 Å². The number of halogens is 3. The second-order valence-electron chi connectivity index (χ2n) is 5.81. The lowest BCUT2D eigenvalue weighted by Crippen LogP contribution is -2.34. The van der Waals surface area contributed by atoms with E-state index in [1.807, 2.05) is 0 Å². The summed E-state index contributed by atoms with van der Waals surface area (Å²) in [7, 11) is 2.79. The number of alkyl halides is 3.